The maximum atomic E-state index is 12.6. The summed E-state index contributed by atoms with van der Waals surface area (Å²) >= 11 is 0. The molecule has 0 aliphatic carbocycles. The summed E-state index contributed by atoms with van der Waals surface area (Å²) in [7, 11) is 0. The summed E-state index contributed by atoms with van der Waals surface area (Å²) in [6, 6.07) is -0.866. The number of aromatic nitrogens is 2. The van der Waals surface area contributed by atoms with Gasteiger partial charge in [-0.1, -0.05) is 6.92 Å². The monoisotopic (exact) mass is 279 g/mol. The number of rotatable bonds is 2. The molecule has 3 rings (SSSR count). The number of aromatic amines is 1. The Morgan fingerprint density at radius 2 is 2.35 bits per heavy atom. The number of carbonyl (C=O) groups excluding carboxylic acids is 1. The summed E-state index contributed by atoms with van der Waals surface area (Å²) in [6.07, 6.45) is 2.08. The second-order valence-corrected chi connectivity index (χ2v) is 5.41. The Labute approximate surface area is 115 Å². The van der Waals surface area contributed by atoms with Crippen LogP contribution in [0, 0.1) is 5.92 Å². The van der Waals surface area contributed by atoms with E-state index in [0.29, 0.717) is 6.61 Å². The Morgan fingerprint density at radius 1 is 1.55 bits per heavy atom. The molecule has 3 heterocycles. The van der Waals surface area contributed by atoms with Crippen LogP contribution in [0.25, 0.3) is 0 Å². The van der Waals surface area contributed by atoms with Crippen LogP contribution in [0.15, 0.2) is 6.33 Å². The minimum atomic E-state index is -1.00. The van der Waals surface area contributed by atoms with Gasteiger partial charge in [-0.25, -0.2) is 9.78 Å². The number of carbonyl (C=O) groups is 2. The topological polar surface area (TPSA) is 95.5 Å². The summed E-state index contributed by atoms with van der Waals surface area (Å²) in [4.78, 5) is 32.5. The van der Waals surface area contributed by atoms with Crippen LogP contribution in [0.3, 0.4) is 0 Å². The molecule has 0 spiro atoms. The van der Waals surface area contributed by atoms with Crippen molar-refractivity contribution in [2.75, 3.05) is 6.61 Å². The number of H-pyrrole nitrogens is 1. The highest BCUT2D eigenvalue weighted by Crippen LogP contribution is 2.27. The van der Waals surface area contributed by atoms with E-state index in [1.807, 2.05) is 6.92 Å². The smallest absolute Gasteiger partial charge is 0.326 e. The number of amides is 1. The molecule has 0 saturated carbocycles. The van der Waals surface area contributed by atoms with Crippen LogP contribution >= 0.6 is 0 Å². The second kappa shape index (κ2) is 4.90. The summed E-state index contributed by atoms with van der Waals surface area (Å²) in [5.41, 5.74) is 1.53. The van der Waals surface area contributed by atoms with Crippen molar-refractivity contribution in [2.45, 2.75) is 38.5 Å². The van der Waals surface area contributed by atoms with Crippen molar-refractivity contribution in [1.82, 2.24) is 14.9 Å². The van der Waals surface area contributed by atoms with Crippen LogP contribution in [-0.2, 0) is 27.3 Å². The average molecular weight is 279 g/mol. The minimum absolute atomic E-state index is 0.125. The van der Waals surface area contributed by atoms with Crippen molar-refractivity contribution in [1.29, 1.82) is 0 Å². The zero-order valence-electron chi connectivity index (χ0n) is 11.2. The quantitative estimate of drug-likeness (QED) is 0.804. The van der Waals surface area contributed by atoms with E-state index >= 15 is 0 Å². The molecule has 0 bridgehead atoms. The van der Waals surface area contributed by atoms with Crippen LogP contribution in [-0.4, -0.2) is 50.6 Å². The number of fused-ring (bicyclic) bond motifs is 1. The van der Waals surface area contributed by atoms with Gasteiger partial charge in [0.2, 0.25) is 0 Å². The molecule has 1 fully saturated rings. The van der Waals surface area contributed by atoms with E-state index in [0.717, 1.165) is 17.8 Å². The number of hydrogen-bond acceptors (Lipinski definition) is 4. The molecule has 1 aromatic rings. The lowest BCUT2D eigenvalue weighted by molar-refractivity contribution is -0.157. The van der Waals surface area contributed by atoms with Gasteiger partial charge in [0, 0.05) is 13.0 Å². The van der Waals surface area contributed by atoms with Crippen molar-refractivity contribution in [3.05, 3.63) is 17.7 Å². The van der Waals surface area contributed by atoms with Gasteiger partial charge in [-0.05, 0) is 12.3 Å². The number of nitrogens with zero attached hydrogens (tertiary/aromatic N) is 2. The van der Waals surface area contributed by atoms with E-state index in [1.165, 1.54) is 11.2 Å². The molecule has 3 atom stereocenters. The van der Waals surface area contributed by atoms with Gasteiger partial charge >= 0.3 is 5.97 Å². The third-order valence-corrected chi connectivity index (χ3v) is 4.10. The van der Waals surface area contributed by atoms with Gasteiger partial charge in [-0.15, -0.1) is 0 Å². The second-order valence-electron chi connectivity index (χ2n) is 5.41. The SMILES string of the molecule is CC1CCOC1C(=O)N1Cc2[nH]cnc2CC1C(=O)O. The molecule has 2 N–H and O–H groups in total. The van der Waals surface area contributed by atoms with Gasteiger partial charge in [0.1, 0.15) is 12.1 Å². The molecule has 3 unspecified atom stereocenters. The number of nitrogens with one attached hydrogen (secondary N) is 1. The van der Waals surface area contributed by atoms with E-state index < -0.39 is 18.1 Å². The Morgan fingerprint density at radius 3 is 3.00 bits per heavy atom. The van der Waals surface area contributed by atoms with E-state index in [9.17, 15) is 14.7 Å². The molecule has 1 amide bonds. The van der Waals surface area contributed by atoms with Gasteiger partial charge in [0.15, 0.2) is 0 Å². The zero-order valence-corrected chi connectivity index (χ0v) is 11.2. The number of ether oxygens (including phenoxy) is 1. The van der Waals surface area contributed by atoms with E-state index in [4.69, 9.17) is 4.74 Å². The molecule has 0 radical (unpaired) electrons. The first-order chi connectivity index (χ1) is 9.58. The molecule has 108 valence electrons. The van der Waals surface area contributed by atoms with Crippen molar-refractivity contribution >= 4 is 11.9 Å². The summed E-state index contributed by atoms with van der Waals surface area (Å²) in [6.45, 7) is 2.76. The molecule has 7 nitrogen and oxygen atoms in total. The van der Waals surface area contributed by atoms with Crippen molar-refractivity contribution < 1.29 is 19.4 Å². The third-order valence-electron chi connectivity index (χ3n) is 4.10. The van der Waals surface area contributed by atoms with Gasteiger partial charge in [-0.3, -0.25) is 4.79 Å². The van der Waals surface area contributed by atoms with Crippen LogP contribution in [0.1, 0.15) is 24.7 Å². The molecular formula is C13H17N3O4. The normalized spacial score (nSPS) is 29.2. The predicted octanol–water partition coefficient (Wildman–Crippen LogP) is 0.173. The molecule has 7 heteroatoms. The standard InChI is InChI=1S/C13H17N3O4/c1-7-2-3-20-11(7)12(17)16-5-9-8(14-6-15-9)4-10(16)13(18)19/h6-7,10-11H,2-5H2,1H3,(H,14,15)(H,18,19). The lowest BCUT2D eigenvalue weighted by atomic mass is 9.98. The molecule has 1 saturated heterocycles. The van der Waals surface area contributed by atoms with Gasteiger partial charge < -0.3 is 19.7 Å². The number of carboxylic acid groups (broad SMARTS) is 1. The van der Waals surface area contributed by atoms with E-state index in [1.54, 1.807) is 0 Å². The van der Waals surface area contributed by atoms with Crippen LogP contribution in [0.4, 0.5) is 0 Å². The highest BCUT2D eigenvalue weighted by atomic mass is 16.5. The average Bonchev–Trinajstić information content (AvgIpc) is 3.04. The zero-order chi connectivity index (χ0) is 14.3. The summed E-state index contributed by atoms with van der Waals surface area (Å²) < 4.78 is 5.47. The fraction of sp³-hybridized carbons (Fsp3) is 0.615. The number of imidazole rings is 1. The van der Waals surface area contributed by atoms with E-state index in [2.05, 4.69) is 9.97 Å². The molecule has 20 heavy (non-hydrogen) atoms. The number of aliphatic carboxylic acids is 1. The maximum Gasteiger partial charge on any atom is 0.326 e. The Balaban J connectivity index is 1.86. The first-order valence-electron chi connectivity index (χ1n) is 6.74. The fourth-order valence-electron chi connectivity index (χ4n) is 2.86. The first-order valence-corrected chi connectivity index (χ1v) is 6.74. The van der Waals surface area contributed by atoms with E-state index in [-0.39, 0.29) is 24.8 Å². The summed E-state index contributed by atoms with van der Waals surface area (Å²) in [5.74, 6) is -1.11. The highest BCUT2D eigenvalue weighted by Gasteiger charge is 2.41. The Bertz CT molecular complexity index is 541. The fourth-order valence-corrected chi connectivity index (χ4v) is 2.86. The molecule has 1 aromatic heterocycles. The maximum absolute atomic E-state index is 12.6. The molecular weight excluding hydrogens is 262 g/mol. The lowest BCUT2D eigenvalue weighted by Crippen LogP contribution is -2.52. The molecule has 0 aromatic carbocycles. The predicted molar refractivity (Wildman–Crippen MR) is 67.8 cm³/mol. The van der Waals surface area contributed by atoms with Crippen LogP contribution < -0.4 is 0 Å². The largest absolute Gasteiger partial charge is 0.480 e. The molecule has 2 aliphatic heterocycles. The van der Waals surface area contributed by atoms with Gasteiger partial charge in [-0.2, -0.15) is 0 Å². The van der Waals surface area contributed by atoms with Gasteiger partial charge in [0.25, 0.3) is 5.91 Å². The van der Waals surface area contributed by atoms with Gasteiger partial charge in [0.05, 0.1) is 24.3 Å². The molecule has 2 aliphatic rings. The Hall–Kier alpha value is -1.89. The lowest BCUT2D eigenvalue weighted by Gasteiger charge is -2.34. The van der Waals surface area contributed by atoms with Crippen molar-refractivity contribution in [2.24, 2.45) is 5.92 Å². The Kier molecular flexibility index (Phi) is 3.21. The summed E-state index contributed by atoms with van der Waals surface area (Å²) in [5, 5.41) is 9.36. The minimum Gasteiger partial charge on any atom is -0.480 e. The first kappa shape index (κ1) is 13.1. The number of carboxylic acids is 1. The van der Waals surface area contributed by atoms with Crippen LogP contribution in [0.2, 0.25) is 0 Å². The van der Waals surface area contributed by atoms with Crippen LogP contribution in [0.5, 0.6) is 0 Å². The highest BCUT2D eigenvalue weighted by molar-refractivity contribution is 5.87. The number of hydrogen-bond donors (Lipinski definition) is 2. The van der Waals surface area contributed by atoms with Crippen molar-refractivity contribution in [3.8, 4) is 0 Å². The third kappa shape index (κ3) is 2.07. The van der Waals surface area contributed by atoms with Crippen molar-refractivity contribution in [3.63, 3.8) is 0 Å².